The van der Waals surface area contributed by atoms with Crippen LogP contribution in [0.4, 0.5) is 0 Å². The van der Waals surface area contributed by atoms with Gasteiger partial charge in [0.25, 0.3) is 0 Å². The summed E-state index contributed by atoms with van der Waals surface area (Å²) in [7, 11) is -3.58. The molecule has 0 bridgehead atoms. The van der Waals surface area contributed by atoms with E-state index in [9.17, 15) is 8.42 Å². The standard InChI is InChI=1S/C14H21NO3S/c1-3-4-5-6-12(2)19(16,17)18-14-9-7-13(11-15)8-10-14/h3-4,7-10,12H,5-6,11,15H2,1-2H3. The van der Waals surface area contributed by atoms with Crippen molar-refractivity contribution in [2.75, 3.05) is 0 Å². The molecule has 5 heteroatoms. The number of nitrogens with two attached hydrogens (primary N) is 1. The van der Waals surface area contributed by atoms with Crippen LogP contribution < -0.4 is 9.92 Å². The van der Waals surface area contributed by atoms with Crippen LogP contribution in [0.2, 0.25) is 0 Å². The van der Waals surface area contributed by atoms with Gasteiger partial charge in [0.05, 0.1) is 5.25 Å². The van der Waals surface area contributed by atoms with E-state index in [2.05, 4.69) is 0 Å². The zero-order chi connectivity index (χ0) is 14.3. The maximum Gasteiger partial charge on any atom is 0.311 e. The first kappa shape index (κ1) is 15.7. The topological polar surface area (TPSA) is 69.4 Å². The van der Waals surface area contributed by atoms with E-state index >= 15 is 0 Å². The molecule has 0 aliphatic carbocycles. The highest BCUT2D eigenvalue weighted by Gasteiger charge is 2.22. The Balaban J connectivity index is 2.66. The summed E-state index contributed by atoms with van der Waals surface area (Å²) >= 11 is 0. The van der Waals surface area contributed by atoms with Gasteiger partial charge in [-0.05, 0) is 44.4 Å². The Morgan fingerprint density at radius 3 is 2.47 bits per heavy atom. The maximum atomic E-state index is 12.0. The summed E-state index contributed by atoms with van der Waals surface area (Å²) in [5.74, 6) is 0.329. The zero-order valence-electron chi connectivity index (χ0n) is 11.4. The highest BCUT2D eigenvalue weighted by molar-refractivity contribution is 7.87. The van der Waals surface area contributed by atoms with E-state index in [1.54, 1.807) is 31.2 Å². The number of benzene rings is 1. The minimum Gasteiger partial charge on any atom is -0.382 e. The molecule has 19 heavy (non-hydrogen) atoms. The van der Waals surface area contributed by atoms with E-state index < -0.39 is 15.4 Å². The van der Waals surface area contributed by atoms with Crippen LogP contribution in [0.15, 0.2) is 36.4 Å². The summed E-state index contributed by atoms with van der Waals surface area (Å²) in [4.78, 5) is 0. The van der Waals surface area contributed by atoms with Gasteiger partial charge in [0.2, 0.25) is 0 Å². The van der Waals surface area contributed by atoms with Gasteiger partial charge in [0.15, 0.2) is 0 Å². The van der Waals surface area contributed by atoms with Gasteiger partial charge in [-0.1, -0.05) is 24.3 Å². The molecule has 0 radical (unpaired) electrons. The fourth-order valence-corrected chi connectivity index (χ4v) is 2.51. The molecule has 1 aromatic rings. The van der Waals surface area contributed by atoms with Crippen LogP contribution in [0.3, 0.4) is 0 Å². The second-order valence-electron chi connectivity index (χ2n) is 4.38. The van der Waals surface area contributed by atoms with E-state index in [0.717, 1.165) is 12.0 Å². The lowest BCUT2D eigenvalue weighted by Gasteiger charge is -2.13. The monoisotopic (exact) mass is 283 g/mol. The molecule has 4 nitrogen and oxygen atoms in total. The maximum absolute atomic E-state index is 12.0. The van der Waals surface area contributed by atoms with Crippen LogP contribution in [0.5, 0.6) is 5.75 Å². The molecule has 0 saturated heterocycles. The molecule has 0 heterocycles. The molecule has 0 aliphatic heterocycles. The largest absolute Gasteiger partial charge is 0.382 e. The van der Waals surface area contributed by atoms with E-state index in [4.69, 9.17) is 9.92 Å². The summed E-state index contributed by atoms with van der Waals surface area (Å²) < 4.78 is 29.1. The minimum atomic E-state index is -3.58. The lowest BCUT2D eigenvalue weighted by Crippen LogP contribution is -2.23. The zero-order valence-corrected chi connectivity index (χ0v) is 12.2. The molecule has 1 unspecified atom stereocenters. The van der Waals surface area contributed by atoms with E-state index in [1.807, 2.05) is 19.1 Å². The van der Waals surface area contributed by atoms with E-state index in [-0.39, 0.29) is 0 Å². The van der Waals surface area contributed by atoms with Gasteiger partial charge in [-0.15, -0.1) is 0 Å². The lowest BCUT2D eigenvalue weighted by molar-refractivity contribution is 0.470. The Morgan fingerprint density at radius 1 is 1.32 bits per heavy atom. The summed E-state index contributed by atoms with van der Waals surface area (Å²) in [6.45, 7) is 3.99. The molecule has 0 amide bonds. The first-order chi connectivity index (χ1) is 8.99. The van der Waals surface area contributed by atoms with Crippen molar-refractivity contribution in [3.05, 3.63) is 42.0 Å². The molecule has 1 aromatic carbocycles. The number of allylic oxidation sites excluding steroid dienone is 2. The molecule has 0 fully saturated rings. The molecule has 1 atom stereocenters. The smallest absolute Gasteiger partial charge is 0.311 e. The molecule has 2 N–H and O–H groups in total. The Hall–Kier alpha value is -1.33. The third-order valence-corrected chi connectivity index (χ3v) is 4.49. The highest BCUT2D eigenvalue weighted by Crippen LogP contribution is 2.18. The predicted octanol–water partition coefficient (Wildman–Crippen LogP) is 2.60. The molecule has 0 aromatic heterocycles. The SMILES string of the molecule is CC=CCCC(C)S(=O)(=O)Oc1ccc(CN)cc1. The van der Waals surface area contributed by atoms with E-state index in [0.29, 0.717) is 18.7 Å². The number of hydrogen-bond acceptors (Lipinski definition) is 4. The Morgan fingerprint density at radius 2 is 1.95 bits per heavy atom. The number of hydrogen-bond donors (Lipinski definition) is 1. The average Bonchev–Trinajstić information content (AvgIpc) is 2.39. The van der Waals surface area contributed by atoms with Crippen molar-refractivity contribution in [3.63, 3.8) is 0 Å². The number of rotatable bonds is 7. The van der Waals surface area contributed by atoms with Crippen molar-refractivity contribution >= 4 is 10.1 Å². The normalized spacial score (nSPS) is 13.6. The molecule has 0 saturated carbocycles. The molecule has 106 valence electrons. The fraction of sp³-hybridized carbons (Fsp3) is 0.429. The lowest BCUT2D eigenvalue weighted by atomic mass is 10.2. The summed E-state index contributed by atoms with van der Waals surface area (Å²) in [6, 6.07) is 6.77. The van der Waals surface area contributed by atoms with Crippen molar-refractivity contribution in [2.24, 2.45) is 5.73 Å². The van der Waals surface area contributed by atoms with Crippen LogP contribution in [0.1, 0.15) is 32.3 Å². The highest BCUT2D eigenvalue weighted by atomic mass is 32.2. The van der Waals surface area contributed by atoms with Crippen molar-refractivity contribution in [3.8, 4) is 5.75 Å². The molecule has 0 spiro atoms. The average molecular weight is 283 g/mol. The Kier molecular flexibility index (Phi) is 6.05. The van der Waals surface area contributed by atoms with Gasteiger partial charge in [-0.3, -0.25) is 0 Å². The first-order valence-electron chi connectivity index (χ1n) is 6.33. The van der Waals surface area contributed by atoms with Crippen molar-refractivity contribution in [1.82, 2.24) is 0 Å². The van der Waals surface area contributed by atoms with Crippen LogP contribution in [0.25, 0.3) is 0 Å². The quantitative estimate of drug-likeness (QED) is 0.617. The molecular formula is C14H21NO3S. The Bertz CT molecular complexity index is 506. The van der Waals surface area contributed by atoms with Crippen molar-refractivity contribution < 1.29 is 12.6 Å². The minimum absolute atomic E-state index is 0.329. The van der Waals surface area contributed by atoms with Crippen LogP contribution in [0, 0.1) is 0 Å². The van der Waals surface area contributed by atoms with Crippen LogP contribution in [-0.2, 0) is 16.7 Å². The van der Waals surface area contributed by atoms with Crippen LogP contribution >= 0.6 is 0 Å². The van der Waals surface area contributed by atoms with Gasteiger partial charge < -0.3 is 9.92 Å². The van der Waals surface area contributed by atoms with E-state index in [1.165, 1.54) is 0 Å². The third-order valence-electron chi connectivity index (χ3n) is 2.84. The summed E-state index contributed by atoms with van der Waals surface area (Å²) in [5, 5.41) is -0.530. The first-order valence-corrected chi connectivity index (χ1v) is 7.80. The second kappa shape index (κ2) is 7.31. The second-order valence-corrected chi connectivity index (χ2v) is 6.34. The molecular weight excluding hydrogens is 262 g/mol. The van der Waals surface area contributed by atoms with Gasteiger partial charge >= 0.3 is 10.1 Å². The molecule has 1 rings (SSSR count). The van der Waals surface area contributed by atoms with Crippen LogP contribution in [-0.4, -0.2) is 13.7 Å². The summed E-state index contributed by atoms with van der Waals surface area (Å²) in [5.41, 5.74) is 6.41. The molecule has 0 aliphatic rings. The van der Waals surface area contributed by atoms with Crippen molar-refractivity contribution in [1.29, 1.82) is 0 Å². The predicted molar refractivity (Wildman–Crippen MR) is 77.4 cm³/mol. The van der Waals surface area contributed by atoms with Crippen molar-refractivity contribution in [2.45, 2.75) is 38.5 Å². The Labute approximate surface area is 115 Å². The third kappa shape index (κ3) is 5.04. The van der Waals surface area contributed by atoms with Gasteiger partial charge in [-0.25, -0.2) is 0 Å². The van der Waals surface area contributed by atoms with Gasteiger partial charge in [0, 0.05) is 6.54 Å². The summed E-state index contributed by atoms with van der Waals surface area (Å²) in [6.07, 6.45) is 5.13. The fourth-order valence-electron chi connectivity index (χ4n) is 1.54. The van der Waals surface area contributed by atoms with Gasteiger partial charge in [0.1, 0.15) is 5.75 Å². The van der Waals surface area contributed by atoms with Gasteiger partial charge in [-0.2, -0.15) is 8.42 Å².